The largest absolute Gasteiger partial charge is 0.388 e. The standard InChI is InChI=1S/C16H20N2/c1-12-7-4-5-10-15(12)16(18-3)13-8-6-9-14(11-13)17-2/h4-11,16-18H,1-3H3. The second-order valence-electron chi connectivity index (χ2n) is 4.45. The molecule has 94 valence electrons. The van der Waals surface area contributed by atoms with Crippen LogP contribution in [0.15, 0.2) is 48.5 Å². The summed E-state index contributed by atoms with van der Waals surface area (Å²) in [4.78, 5) is 0. The van der Waals surface area contributed by atoms with Crippen molar-refractivity contribution in [3.8, 4) is 0 Å². The zero-order valence-electron chi connectivity index (χ0n) is 11.2. The lowest BCUT2D eigenvalue weighted by atomic mass is 9.95. The minimum absolute atomic E-state index is 0.236. The number of aryl methyl sites for hydroxylation is 1. The van der Waals surface area contributed by atoms with Gasteiger partial charge in [0.1, 0.15) is 0 Å². The average molecular weight is 240 g/mol. The zero-order valence-corrected chi connectivity index (χ0v) is 11.2. The topological polar surface area (TPSA) is 24.1 Å². The van der Waals surface area contributed by atoms with Gasteiger partial charge in [0.2, 0.25) is 0 Å². The molecule has 0 aliphatic carbocycles. The summed E-state index contributed by atoms with van der Waals surface area (Å²) in [5.74, 6) is 0. The molecule has 2 aromatic rings. The van der Waals surface area contributed by atoms with E-state index in [1.54, 1.807) is 0 Å². The van der Waals surface area contributed by atoms with Gasteiger partial charge >= 0.3 is 0 Å². The fraction of sp³-hybridized carbons (Fsp3) is 0.250. The summed E-state index contributed by atoms with van der Waals surface area (Å²) in [5.41, 5.74) is 5.06. The van der Waals surface area contributed by atoms with Crippen molar-refractivity contribution in [3.05, 3.63) is 65.2 Å². The van der Waals surface area contributed by atoms with Gasteiger partial charge in [-0.25, -0.2) is 0 Å². The molecule has 0 aliphatic heterocycles. The number of hydrogen-bond acceptors (Lipinski definition) is 2. The molecule has 0 saturated carbocycles. The van der Waals surface area contributed by atoms with E-state index in [1.165, 1.54) is 16.7 Å². The number of rotatable bonds is 4. The van der Waals surface area contributed by atoms with Crippen molar-refractivity contribution in [1.82, 2.24) is 5.32 Å². The number of benzene rings is 2. The normalized spacial score (nSPS) is 12.2. The smallest absolute Gasteiger partial charge is 0.0577 e. The first kappa shape index (κ1) is 12.7. The summed E-state index contributed by atoms with van der Waals surface area (Å²) < 4.78 is 0. The highest BCUT2D eigenvalue weighted by Gasteiger charge is 2.13. The summed E-state index contributed by atoms with van der Waals surface area (Å²) in [7, 11) is 3.95. The van der Waals surface area contributed by atoms with Crippen molar-refractivity contribution < 1.29 is 0 Å². The molecule has 0 spiro atoms. The van der Waals surface area contributed by atoms with Crippen molar-refractivity contribution >= 4 is 5.69 Å². The number of hydrogen-bond donors (Lipinski definition) is 2. The molecule has 2 heteroatoms. The summed E-state index contributed by atoms with van der Waals surface area (Å²) in [6.45, 7) is 2.15. The van der Waals surface area contributed by atoms with Gasteiger partial charge in [0.25, 0.3) is 0 Å². The third kappa shape index (κ3) is 2.54. The van der Waals surface area contributed by atoms with Gasteiger partial charge in [-0.15, -0.1) is 0 Å². The summed E-state index contributed by atoms with van der Waals surface area (Å²) in [6, 6.07) is 17.3. The van der Waals surface area contributed by atoms with E-state index in [0.717, 1.165) is 5.69 Å². The molecule has 0 aromatic heterocycles. The van der Waals surface area contributed by atoms with Crippen LogP contribution in [0.2, 0.25) is 0 Å². The molecule has 18 heavy (non-hydrogen) atoms. The molecule has 0 saturated heterocycles. The minimum Gasteiger partial charge on any atom is -0.388 e. The summed E-state index contributed by atoms with van der Waals surface area (Å²) in [6.07, 6.45) is 0. The molecule has 0 radical (unpaired) electrons. The van der Waals surface area contributed by atoms with Crippen LogP contribution in [-0.4, -0.2) is 14.1 Å². The Bertz CT molecular complexity index is 520. The third-order valence-corrected chi connectivity index (χ3v) is 3.30. The predicted molar refractivity (Wildman–Crippen MR) is 78.1 cm³/mol. The maximum absolute atomic E-state index is 3.40. The molecular weight excluding hydrogens is 220 g/mol. The van der Waals surface area contributed by atoms with Crippen molar-refractivity contribution in [3.63, 3.8) is 0 Å². The van der Waals surface area contributed by atoms with E-state index in [4.69, 9.17) is 0 Å². The molecule has 1 atom stereocenters. The van der Waals surface area contributed by atoms with Crippen LogP contribution >= 0.6 is 0 Å². The molecule has 2 rings (SSSR count). The maximum atomic E-state index is 3.40. The van der Waals surface area contributed by atoms with Crippen molar-refractivity contribution in [2.24, 2.45) is 0 Å². The van der Waals surface area contributed by atoms with E-state index >= 15 is 0 Å². The number of nitrogens with one attached hydrogen (secondary N) is 2. The Morgan fingerprint density at radius 1 is 0.944 bits per heavy atom. The monoisotopic (exact) mass is 240 g/mol. The van der Waals surface area contributed by atoms with Gasteiger partial charge in [-0.05, 0) is 42.8 Å². The van der Waals surface area contributed by atoms with E-state index in [1.807, 2.05) is 14.1 Å². The van der Waals surface area contributed by atoms with Gasteiger partial charge in [-0.2, -0.15) is 0 Å². The molecule has 0 aliphatic rings. The van der Waals surface area contributed by atoms with E-state index in [-0.39, 0.29) is 6.04 Å². The highest BCUT2D eigenvalue weighted by Crippen LogP contribution is 2.26. The molecule has 1 unspecified atom stereocenters. The SMILES string of the molecule is CNc1cccc(C(NC)c2ccccc2C)c1. The van der Waals surface area contributed by atoms with Crippen molar-refractivity contribution in [2.75, 3.05) is 19.4 Å². The van der Waals surface area contributed by atoms with Gasteiger partial charge < -0.3 is 10.6 Å². The fourth-order valence-electron chi connectivity index (χ4n) is 2.29. The molecule has 0 fully saturated rings. The quantitative estimate of drug-likeness (QED) is 0.856. The van der Waals surface area contributed by atoms with Crippen LogP contribution in [0.5, 0.6) is 0 Å². The molecule has 0 bridgehead atoms. The highest BCUT2D eigenvalue weighted by atomic mass is 14.9. The van der Waals surface area contributed by atoms with Gasteiger partial charge in [0.05, 0.1) is 6.04 Å². The Hall–Kier alpha value is -1.80. The number of anilines is 1. The zero-order chi connectivity index (χ0) is 13.0. The fourth-order valence-corrected chi connectivity index (χ4v) is 2.29. The van der Waals surface area contributed by atoms with Gasteiger partial charge in [0, 0.05) is 12.7 Å². The van der Waals surface area contributed by atoms with Crippen LogP contribution in [0, 0.1) is 6.92 Å². The van der Waals surface area contributed by atoms with Gasteiger partial charge in [-0.3, -0.25) is 0 Å². The second kappa shape index (κ2) is 5.69. The minimum atomic E-state index is 0.236. The Balaban J connectivity index is 2.42. The molecular formula is C16H20N2. The third-order valence-electron chi connectivity index (χ3n) is 3.30. The Morgan fingerprint density at radius 2 is 1.72 bits per heavy atom. The summed E-state index contributed by atoms with van der Waals surface area (Å²) >= 11 is 0. The predicted octanol–water partition coefficient (Wildman–Crippen LogP) is 3.35. The van der Waals surface area contributed by atoms with E-state index in [9.17, 15) is 0 Å². The van der Waals surface area contributed by atoms with Gasteiger partial charge in [-0.1, -0.05) is 36.4 Å². The van der Waals surface area contributed by atoms with E-state index in [0.29, 0.717) is 0 Å². The highest BCUT2D eigenvalue weighted by molar-refractivity contribution is 5.48. The van der Waals surface area contributed by atoms with Crippen LogP contribution in [0.1, 0.15) is 22.7 Å². The first-order valence-corrected chi connectivity index (χ1v) is 6.26. The Morgan fingerprint density at radius 3 is 2.39 bits per heavy atom. The van der Waals surface area contributed by atoms with Gasteiger partial charge in [0.15, 0.2) is 0 Å². The Kier molecular flexibility index (Phi) is 4.00. The van der Waals surface area contributed by atoms with Crippen molar-refractivity contribution in [2.45, 2.75) is 13.0 Å². The molecule has 2 nitrogen and oxygen atoms in total. The van der Waals surface area contributed by atoms with E-state index in [2.05, 4.69) is 66.1 Å². The van der Waals surface area contributed by atoms with Crippen LogP contribution in [0.25, 0.3) is 0 Å². The lowest BCUT2D eigenvalue weighted by Crippen LogP contribution is -2.18. The van der Waals surface area contributed by atoms with Crippen LogP contribution in [0.4, 0.5) is 5.69 Å². The maximum Gasteiger partial charge on any atom is 0.0577 e. The molecule has 2 aromatic carbocycles. The average Bonchev–Trinajstić information content (AvgIpc) is 2.42. The lowest BCUT2D eigenvalue weighted by molar-refractivity contribution is 0.688. The van der Waals surface area contributed by atoms with Crippen LogP contribution in [0.3, 0.4) is 0 Å². The molecule has 0 amide bonds. The second-order valence-corrected chi connectivity index (χ2v) is 4.45. The van der Waals surface area contributed by atoms with Crippen LogP contribution in [-0.2, 0) is 0 Å². The molecule has 0 heterocycles. The van der Waals surface area contributed by atoms with E-state index < -0.39 is 0 Å². The van der Waals surface area contributed by atoms with Crippen molar-refractivity contribution in [1.29, 1.82) is 0 Å². The van der Waals surface area contributed by atoms with Crippen LogP contribution < -0.4 is 10.6 Å². The Labute approximate surface area is 109 Å². The molecule has 2 N–H and O–H groups in total. The summed E-state index contributed by atoms with van der Waals surface area (Å²) in [5, 5.41) is 6.58. The first-order chi connectivity index (χ1) is 8.76. The lowest BCUT2D eigenvalue weighted by Gasteiger charge is -2.20. The first-order valence-electron chi connectivity index (χ1n) is 6.26.